The zero-order valence-electron chi connectivity index (χ0n) is 23.0. The van der Waals surface area contributed by atoms with Crippen molar-refractivity contribution in [3.05, 3.63) is 129 Å². The lowest BCUT2D eigenvalue weighted by atomic mass is 10.0. The van der Waals surface area contributed by atoms with Gasteiger partial charge in [-0.1, -0.05) is 24.3 Å². The number of carboxylic acid groups (broad SMARTS) is 1. The van der Waals surface area contributed by atoms with Crippen LogP contribution in [0.3, 0.4) is 0 Å². The van der Waals surface area contributed by atoms with E-state index in [9.17, 15) is 37.1 Å². The number of carbonyl (C=O) groups excluding carboxylic acids is 1. The quantitative estimate of drug-likeness (QED) is 0.227. The highest BCUT2D eigenvalue weighted by molar-refractivity contribution is 7.92. The summed E-state index contributed by atoms with van der Waals surface area (Å²) in [5.74, 6) is -3.49. The average Bonchev–Trinajstić information content (AvgIpc) is 3.00. The van der Waals surface area contributed by atoms with Crippen molar-refractivity contribution in [3.8, 4) is 5.69 Å². The monoisotopic (exact) mass is 617 g/mol. The first-order chi connectivity index (χ1) is 21.0. The SMILES string of the molecule is Cn1c(=O)n(-c2ccc(C[C@H](NC(=O)c3ccc(NS(=O)(=O)c4ccncc4)cc3F)C(=O)O)cc2)c(=O)c2ccccc21. The number of sulfonamides is 1. The number of hydrogen-bond acceptors (Lipinski definition) is 7. The van der Waals surface area contributed by atoms with E-state index in [0.29, 0.717) is 16.5 Å². The number of halogens is 1. The normalized spacial score (nSPS) is 12.0. The number of anilines is 1. The van der Waals surface area contributed by atoms with Crippen LogP contribution in [0.1, 0.15) is 15.9 Å². The molecule has 3 aromatic carbocycles. The number of aryl methyl sites for hydroxylation is 1. The van der Waals surface area contributed by atoms with Gasteiger partial charge in [0.1, 0.15) is 11.9 Å². The van der Waals surface area contributed by atoms with Gasteiger partial charge in [0.15, 0.2) is 0 Å². The summed E-state index contributed by atoms with van der Waals surface area (Å²) < 4.78 is 44.4. The van der Waals surface area contributed by atoms with E-state index < -0.39 is 50.6 Å². The van der Waals surface area contributed by atoms with Gasteiger partial charge >= 0.3 is 11.7 Å². The van der Waals surface area contributed by atoms with Crippen LogP contribution in [-0.4, -0.2) is 45.6 Å². The number of nitrogens with one attached hydrogen (secondary N) is 2. The van der Waals surface area contributed by atoms with Gasteiger partial charge in [-0.15, -0.1) is 0 Å². The van der Waals surface area contributed by atoms with Crippen LogP contribution in [-0.2, 0) is 28.3 Å². The topological polar surface area (TPSA) is 169 Å². The fourth-order valence-electron chi connectivity index (χ4n) is 4.58. The highest BCUT2D eigenvalue weighted by Gasteiger charge is 2.24. The molecule has 0 spiro atoms. The van der Waals surface area contributed by atoms with Crippen molar-refractivity contribution in [2.24, 2.45) is 7.05 Å². The maximum Gasteiger partial charge on any atom is 0.335 e. The number of hydrogen-bond donors (Lipinski definition) is 3. The molecule has 5 rings (SSSR count). The van der Waals surface area contributed by atoms with Crippen molar-refractivity contribution >= 4 is 38.5 Å². The van der Waals surface area contributed by atoms with Crippen molar-refractivity contribution in [3.63, 3.8) is 0 Å². The third-order valence-electron chi connectivity index (χ3n) is 6.84. The molecule has 0 bridgehead atoms. The third-order valence-corrected chi connectivity index (χ3v) is 8.24. The Labute approximate surface area is 249 Å². The Bertz CT molecular complexity index is 2130. The van der Waals surface area contributed by atoms with Gasteiger partial charge in [-0.3, -0.25) is 23.9 Å². The summed E-state index contributed by atoms with van der Waals surface area (Å²) in [6.45, 7) is 0. The van der Waals surface area contributed by atoms with Gasteiger partial charge in [-0.2, -0.15) is 0 Å². The van der Waals surface area contributed by atoms with Crippen LogP contribution >= 0.6 is 0 Å². The molecule has 0 aliphatic carbocycles. The van der Waals surface area contributed by atoms with E-state index in [0.717, 1.165) is 16.7 Å². The van der Waals surface area contributed by atoms with E-state index in [2.05, 4.69) is 15.0 Å². The molecule has 1 atom stereocenters. The van der Waals surface area contributed by atoms with Crippen LogP contribution in [0.2, 0.25) is 0 Å². The lowest BCUT2D eigenvalue weighted by molar-refractivity contribution is -0.139. The number of aliphatic carboxylic acids is 1. The average molecular weight is 618 g/mol. The molecular formula is C30H24FN5O7S. The van der Waals surface area contributed by atoms with Crippen LogP contribution in [0.4, 0.5) is 10.1 Å². The zero-order valence-corrected chi connectivity index (χ0v) is 23.8. The molecule has 0 unspecified atom stereocenters. The fourth-order valence-corrected chi connectivity index (χ4v) is 5.62. The number of carbonyl (C=O) groups is 2. The van der Waals surface area contributed by atoms with Crippen molar-refractivity contribution in [1.29, 1.82) is 0 Å². The first-order valence-electron chi connectivity index (χ1n) is 13.0. The third kappa shape index (κ3) is 5.96. The predicted octanol–water partition coefficient (Wildman–Crippen LogP) is 2.45. The summed E-state index contributed by atoms with van der Waals surface area (Å²) >= 11 is 0. The minimum absolute atomic E-state index is 0.0983. The first kappa shape index (κ1) is 29.8. The van der Waals surface area contributed by atoms with E-state index in [1.54, 1.807) is 31.3 Å². The second-order valence-corrected chi connectivity index (χ2v) is 11.4. The molecule has 0 saturated heterocycles. The fraction of sp³-hybridized carbons (Fsp3) is 0.100. The Morgan fingerprint density at radius 2 is 1.66 bits per heavy atom. The molecular weight excluding hydrogens is 593 g/mol. The standard InChI is InChI=1S/C30H24FN5O7S/c1-35-26-5-3-2-4-23(26)28(38)36(30(35)41)20-9-6-18(7-10-20)16-25(29(39)40)33-27(37)22-11-8-19(17-24(22)31)34-44(42,43)21-12-14-32-15-13-21/h2-15,17,25,34H,16H2,1H3,(H,33,37)(H,39,40)/t25-/m0/s1. The minimum Gasteiger partial charge on any atom is -0.480 e. The molecule has 0 radical (unpaired) electrons. The number of amides is 1. The molecule has 12 nitrogen and oxygen atoms in total. The van der Waals surface area contributed by atoms with Crippen molar-refractivity contribution in [2.75, 3.05) is 4.72 Å². The summed E-state index contributed by atoms with van der Waals surface area (Å²) in [5, 5.41) is 12.4. The number of nitrogens with zero attached hydrogens (tertiary/aromatic N) is 3. The minimum atomic E-state index is -4.04. The molecule has 2 heterocycles. The number of rotatable bonds is 9. The highest BCUT2D eigenvalue weighted by atomic mass is 32.2. The molecule has 1 amide bonds. The number of pyridine rings is 1. The van der Waals surface area contributed by atoms with Crippen LogP contribution in [0.5, 0.6) is 0 Å². The summed E-state index contributed by atoms with van der Waals surface area (Å²) in [7, 11) is -2.49. The zero-order chi connectivity index (χ0) is 31.6. The maximum absolute atomic E-state index is 14.8. The number of para-hydroxylation sites is 1. The van der Waals surface area contributed by atoms with Gasteiger partial charge in [0.05, 0.1) is 32.7 Å². The van der Waals surface area contributed by atoms with E-state index in [4.69, 9.17) is 0 Å². The highest BCUT2D eigenvalue weighted by Crippen LogP contribution is 2.19. The lowest BCUT2D eigenvalue weighted by Crippen LogP contribution is -2.42. The Balaban J connectivity index is 1.32. The summed E-state index contributed by atoms with van der Waals surface area (Å²) in [6.07, 6.45) is 2.37. The molecule has 14 heteroatoms. The number of aromatic nitrogens is 3. The van der Waals surface area contributed by atoms with Crippen molar-refractivity contribution < 1.29 is 27.5 Å². The van der Waals surface area contributed by atoms with Crippen LogP contribution in [0, 0.1) is 5.82 Å². The number of benzene rings is 3. The molecule has 3 N–H and O–H groups in total. The molecule has 0 aliphatic heterocycles. The second kappa shape index (κ2) is 11.9. The summed E-state index contributed by atoms with van der Waals surface area (Å²) in [4.78, 5) is 54.4. The van der Waals surface area contributed by atoms with Crippen LogP contribution < -0.4 is 21.3 Å². The van der Waals surface area contributed by atoms with Crippen LogP contribution in [0.15, 0.2) is 106 Å². The molecule has 0 aliphatic rings. The number of fused-ring (bicyclic) bond motifs is 1. The van der Waals surface area contributed by atoms with E-state index >= 15 is 0 Å². The Morgan fingerprint density at radius 3 is 2.32 bits per heavy atom. The molecule has 0 saturated carbocycles. The summed E-state index contributed by atoms with van der Waals surface area (Å²) in [5.41, 5.74) is -0.513. The first-order valence-corrected chi connectivity index (χ1v) is 14.5. The van der Waals surface area contributed by atoms with Gasteiger partial charge < -0.3 is 10.4 Å². The maximum atomic E-state index is 14.8. The van der Waals surface area contributed by atoms with Gasteiger partial charge in [0.2, 0.25) is 0 Å². The molecule has 224 valence electrons. The van der Waals surface area contributed by atoms with Gasteiger partial charge in [-0.25, -0.2) is 27.0 Å². The molecule has 44 heavy (non-hydrogen) atoms. The Kier molecular flexibility index (Phi) is 8.09. The van der Waals surface area contributed by atoms with Gasteiger partial charge in [0.25, 0.3) is 21.5 Å². The largest absolute Gasteiger partial charge is 0.480 e. The van der Waals surface area contributed by atoms with Gasteiger partial charge in [0, 0.05) is 25.9 Å². The van der Waals surface area contributed by atoms with E-state index in [1.807, 2.05) is 0 Å². The van der Waals surface area contributed by atoms with E-state index in [-0.39, 0.29) is 22.7 Å². The smallest absolute Gasteiger partial charge is 0.335 e. The Hall–Kier alpha value is -5.63. The molecule has 5 aromatic rings. The summed E-state index contributed by atoms with van der Waals surface area (Å²) in [6, 6.07) is 16.7. The van der Waals surface area contributed by atoms with Gasteiger partial charge in [-0.05, 0) is 60.2 Å². The van der Waals surface area contributed by atoms with E-state index in [1.165, 1.54) is 59.4 Å². The molecule has 0 fully saturated rings. The predicted molar refractivity (Wildman–Crippen MR) is 159 cm³/mol. The van der Waals surface area contributed by atoms with Crippen molar-refractivity contribution in [2.45, 2.75) is 17.4 Å². The second-order valence-electron chi connectivity index (χ2n) is 9.72. The number of carboxylic acids is 1. The lowest BCUT2D eigenvalue weighted by Gasteiger charge is -2.16. The van der Waals surface area contributed by atoms with Crippen LogP contribution in [0.25, 0.3) is 16.6 Å². The Morgan fingerprint density at radius 1 is 0.977 bits per heavy atom. The molecule has 2 aromatic heterocycles. The van der Waals surface area contributed by atoms with Crippen molar-refractivity contribution in [1.82, 2.24) is 19.4 Å².